The Labute approximate surface area is 201 Å². The number of aromatic nitrogens is 3. The lowest BCUT2D eigenvalue weighted by atomic mass is 10.1. The summed E-state index contributed by atoms with van der Waals surface area (Å²) in [6.07, 6.45) is 7.08. The van der Waals surface area contributed by atoms with Crippen LogP contribution in [0.15, 0.2) is 48.1 Å². The Bertz CT molecular complexity index is 1160. The number of amides is 1. The first-order valence-electron chi connectivity index (χ1n) is 10.9. The van der Waals surface area contributed by atoms with E-state index >= 15 is 0 Å². The van der Waals surface area contributed by atoms with E-state index in [2.05, 4.69) is 28.2 Å². The summed E-state index contributed by atoms with van der Waals surface area (Å²) in [5.41, 5.74) is 1.75. The maximum Gasteiger partial charge on any atom is 0.235 e. The lowest BCUT2D eigenvalue weighted by molar-refractivity contribution is -0.113. The average molecular weight is 480 g/mol. The molecule has 0 unspecified atom stereocenters. The monoisotopic (exact) mass is 479 g/mol. The number of nitriles is 1. The molecule has 33 heavy (non-hydrogen) atoms. The van der Waals surface area contributed by atoms with Gasteiger partial charge in [0.2, 0.25) is 5.91 Å². The van der Waals surface area contributed by atoms with E-state index in [1.54, 1.807) is 17.4 Å². The van der Waals surface area contributed by atoms with Crippen molar-refractivity contribution in [2.24, 2.45) is 0 Å². The van der Waals surface area contributed by atoms with Gasteiger partial charge in [0.15, 0.2) is 11.0 Å². The SMILES string of the molecule is C=CCn1c(COc2ccccc2)nnc1SCC(=O)Nc1sc2c(c1C#N)CCCCC2. The molecule has 2 aromatic heterocycles. The summed E-state index contributed by atoms with van der Waals surface area (Å²) in [4.78, 5) is 13.9. The minimum atomic E-state index is -0.164. The molecule has 1 N–H and O–H groups in total. The van der Waals surface area contributed by atoms with Gasteiger partial charge in [-0.2, -0.15) is 5.26 Å². The number of hydrogen-bond donors (Lipinski definition) is 1. The van der Waals surface area contributed by atoms with Crippen LogP contribution in [0.2, 0.25) is 0 Å². The van der Waals surface area contributed by atoms with Crippen molar-refractivity contribution in [2.45, 2.75) is 50.4 Å². The van der Waals surface area contributed by atoms with Crippen LogP contribution < -0.4 is 10.1 Å². The van der Waals surface area contributed by atoms with Crippen molar-refractivity contribution >= 4 is 34.0 Å². The molecule has 4 rings (SSSR count). The number of carbonyl (C=O) groups is 1. The number of hydrogen-bond acceptors (Lipinski definition) is 7. The van der Waals surface area contributed by atoms with Gasteiger partial charge in [0, 0.05) is 11.4 Å². The summed E-state index contributed by atoms with van der Waals surface area (Å²) < 4.78 is 7.69. The van der Waals surface area contributed by atoms with Crippen LogP contribution in [-0.2, 0) is 30.8 Å². The van der Waals surface area contributed by atoms with Gasteiger partial charge in [-0.25, -0.2) is 0 Å². The summed E-state index contributed by atoms with van der Waals surface area (Å²) >= 11 is 2.85. The number of allylic oxidation sites excluding steroid dienone is 1. The molecule has 2 heterocycles. The summed E-state index contributed by atoms with van der Waals surface area (Å²) in [6.45, 7) is 4.59. The van der Waals surface area contributed by atoms with Gasteiger partial charge < -0.3 is 10.1 Å². The Hall–Kier alpha value is -3.09. The Balaban J connectivity index is 1.40. The van der Waals surface area contributed by atoms with Crippen molar-refractivity contribution in [1.29, 1.82) is 5.26 Å². The van der Waals surface area contributed by atoms with Crippen LogP contribution in [0.5, 0.6) is 5.75 Å². The molecular formula is C24H25N5O2S2. The Morgan fingerprint density at radius 2 is 2.09 bits per heavy atom. The van der Waals surface area contributed by atoms with E-state index in [0.29, 0.717) is 28.1 Å². The van der Waals surface area contributed by atoms with Crippen molar-refractivity contribution in [3.05, 3.63) is 64.8 Å². The van der Waals surface area contributed by atoms with Crippen molar-refractivity contribution < 1.29 is 9.53 Å². The van der Waals surface area contributed by atoms with Crippen molar-refractivity contribution in [3.8, 4) is 11.8 Å². The molecule has 1 aromatic carbocycles. The number of para-hydroxylation sites is 1. The molecule has 0 aliphatic heterocycles. The second-order valence-electron chi connectivity index (χ2n) is 7.62. The van der Waals surface area contributed by atoms with Gasteiger partial charge in [-0.1, -0.05) is 42.5 Å². The van der Waals surface area contributed by atoms with E-state index in [1.165, 1.54) is 23.1 Å². The highest BCUT2D eigenvalue weighted by Gasteiger charge is 2.21. The van der Waals surface area contributed by atoms with E-state index in [9.17, 15) is 10.1 Å². The number of nitrogens with zero attached hydrogens (tertiary/aromatic N) is 4. The molecule has 1 aliphatic carbocycles. The molecule has 0 saturated carbocycles. The molecule has 0 saturated heterocycles. The number of benzene rings is 1. The number of thioether (sulfide) groups is 1. The van der Waals surface area contributed by atoms with E-state index in [-0.39, 0.29) is 18.3 Å². The van der Waals surface area contributed by atoms with Crippen LogP contribution in [0.3, 0.4) is 0 Å². The van der Waals surface area contributed by atoms with Crippen molar-refractivity contribution in [2.75, 3.05) is 11.1 Å². The summed E-state index contributed by atoms with van der Waals surface area (Å²) in [7, 11) is 0. The second-order valence-corrected chi connectivity index (χ2v) is 9.66. The molecule has 9 heteroatoms. The number of nitrogens with one attached hydrogen (secondary N) is 1. The first-order chi connectivity index (χ1) is 16.2. The van der Waals surface area contributed by atoms with Gasteiger partial charge in [-0.3, -0.25) is 9.36 Å². The zero-order valence-corrected chi connectivity index (χ0v) is 19.9. The lowest BCUT2D eigenvalue weighted by Gasteiger charge is -2.09. The first kappa shape index (κ1) is 23.1. The Morgan fingerprint density at radius 1 is 1.27 bits per heavy atom. The highest BCUT2D eigenvalue weighted by atomic mass is 32.2. The zero-order valence-electron chi connectivity index (χ0n) is 18.2. The van der Waals surface area contributed by atoms with Gasteiger partial charge in [-0.15, -0.1) is 28.1 Å². The quantitative estimate of drug-likeness (QED) is 0.264. The Kier molecular flexibility index (Phi) is 7.81. The van der Waals surface area contributed by atoms with E-state index < -0.39 is 0 Å². The van der Waals surface area contributed by atoms with E-state index in [0.717, 1.165) is 37.0 Å². The fourth-order valence-electron chi connectivity index (χ4n) is 3.75. The van der Waals surface area contributed by atoms with Crippen LogP contribution in [0.4, 0.5) is 5.00 Å². The topological polar surface area (TPSA) is 92.8 Å². The third-order valence-corrected chi connectivity index (χ3v) is 7.51. The molecule has 0 bridgehead atoms. The van der Waals surface area contributed by atoms with Gasteiger partial charge in [0.25, 0.3) is 0 Å². The predicted octanol–water partition coefficient (Wildman–Crippen LogP) is 4.98. The third-order valence-electron chi connectivity index (χ3n) is 5.33. The van der Waals surface area contributed by atoms with Crippen LogP contribution in [0.1, 0.15) is 41.1 Å². The van der Waals surface area contributed by atoms with Crippen LogP contribution >= 0.6 is 23.1 Å². The number of anilines is 1. The number of aryl methyl sites for hydroxylation is 1. The standard InChI is InChI=1S/C24H25N5O2S2/c1-2-13-29-21(15-31-17-9-5-3-6-10-17)27-28-24(29)32-16-22(30)26-23-19(14-25)18-11-7-4-8-12-20(18)33-23/h2-3,5-6,9-10H,1,4,7-8,11-13,15-16H2,(H,26,30). The fourth-order valence-corrected chi connectivity index (χ4v) is 5.77. The molecule has 1 amide bonds. The number of thiophene rings is 1. The molecule has 7 nitrogen and oxygen atoms in total. The zero-order chi connectivity index (χ0) is 23.0. The fraction of sp³-hybridized carbons (Fsp3) is 0.333. The summed E-state index contributed by atoms with van der Waals surface area (Å²) in [5, 5.41) is 22.4. The second kappa shape index (κ2) is 11.2. The number of ether oxygens (including phenoxy) is 1. The van der Waals surface area contributed by atoms with Crippen LogP contribution in [0.25, 0.3) is 0 Å². The molecule has 0 atom stereocenters. The largest absolute Gasteiger partial charge is 0.486 e. The number of carbonyl (C=O) groups excluding carboxylic acids is 1. The maximum atomic E-state index is 12.7. The van der Waals surface area contributed by atoms with Gasteiger partial charge in [0.1, 0.15) is 23.4 Å². The number of fused-ring (bicyclic) bond motifs is 1. The minimum Gasteiger partial charge on any atom is -0.486 e. The third kappa shape index (κ3) is 5.64. The van der Waals surface area contributed by atoms with Gasteiger partial charge >= 0.3 is 0 Å². The highest BCUT2D eigenvalue weighted by molar-refractivity contribution is 7.99. The normalized spacial score (nSPS) is 12.9. The maximum absolute atomic E-state index is 12.7. The summed E-state index contributed by atoms with van der Waals surface area (Å²) in [5.74, 6) is 1.42. The Morgan fingerprint density at radius 3 is 2.88 bits per heavy atom. The molecule has 0 fully saturated rings. The molecular weight excluding hydrogens is 454 g/mol. The number of rotatable bonds is 9. The average Bonchev–Trinajstić information content (AvgIpc) is 3.28. The highest BCUT2D eigenvalue weighted by Crippen LogP contribution is 2.37. The predicted molar refractivity (Wildman–Crippen MR) is 131 cm³/mol. The van der Waals surface area contributed by atoms with Crippen LogP contribution in [0, 0.1) is 11.3 Å². The minimum absolute atomic E-state index is 0.164. The van der Waals surface area contributed by atoms with Crippen molar-refractivity contribution in [3.63, 3.8) is 0 Å². The van der Waals surface area contributed by atoms with E-state index in [1.807, 2.05) is 34.9 Å². The summed E-state index contributed by atoms with van der Waals surface area (Å²) in [6, 6.07) is 11.8. The molecule has 0 spiro atoms. The van der Waals surface area contributed by atoms with Gasteiger partial charge in [-0.05, 0) is 43.4 Å². The molecule has 1 aliphatic rings. The molecule has 3 aromatic rings. The van der Waals surface area contributed by atoms with Gasteiger partial charge in [0.05, 0.1) is 11.3 Å². The molecule has 170 valence electrons. The first-order valence-corrected chi connectivity index (χ1v) is 12.7. The van der Waals surface area contributed by atoms with Crippen molar-refractivity contribution in [1.82, 2.24) is 14.8 Å². The molecule has 0 radical (unpaired) electrons. The lowest BCUT2D eigenvalue weighted by Crippen LogP contribution is -2.15. The van der Waals surface area contributed by atoms with Crippen LogP contribution in [-0.4, -0.2) is 26.4 Å². The smallest absolute Gasteiger partial charge is 0.235 e. The van der Waals surface area contributed by atoms with E-state index in [4.69, 9.17) is 4.74 Å².